The molecule has 1 aliphatic rings. The van der Waals surface area contributed by atoms with E-state index in [2.05, 4.69) is 60.8 Å². The maximum absolute atomic E-state index is 4.65. The van der Waals surface area contributed by atoms with E-state index in [0.29, 0.717) is 12.5 Å². The summed E-state index contributed by atoms with van der Waals surface area (Å²) in [5, 5.41) is 6.33. The van der Waals surface area contributed by atoms with Crippen molar-refractivity contribution in [1.82, 2.24) is 15.0 Å². The summed E-state index contributed by atoms with van der Waals surface area (Å²) in [6.45, 7) is 2.51. The summed E-state index contributed by atoms with van der Waals surface area (Å²) in [6, 6.07) is 14.6. The summed E-state index contributed by atoms with van der Waals surface area (Å²) in [6.07, 6.45) is 4.65. The van der Waals surface area contributed by atoms with Gasteiger partial charge in [0.1, 0.15) is 11.6 Å². The van der Waals surface area contributed by atoms with Gasteiger partial charge in [-0.25, -0.2) is 9.97 Å². The molecule has 0 amide bonds. The number of hydrogen-bond donors (Lipinski definition) is 2. The van der Waals surface area contributed by atoms with E-state index in [1.54, 1.807) is 6.20 Å². The minimum absolute atomic E-state index is 0.607. The molecule has 132 valence electrons. The highest BCUT2D eigenvalue weighted by atomic mass is 15.2. The first-order valence-electron chi connectivity index (χ1n) is 8.84. The van der Waals surface area contributed by atoms with E-state index < -0.39 is 0 Å². The highest BCUT2D eigenvalue weighted by Crippen LogP contribution is 2.25. The highest BCUT2D eigenvalue weighted by molar-refractivity contribution is 5.51. The number of rotatable bonds is 5. The Hall–Kier alpha value is -3.15. The molecule has 0 saturated heterocycles. The average Bonchev–Trinajstić information content (AvgIpc) is 2.72. The topological polar surface area (TPSA) is 66.0 Å². The van der Waals surface area contributed by atoms with E-state index in [9.17, 15) is 0 Å². The van der Waals surface area contributed by atoms with Crippen molar-refractivity contribution in [3.63, 3.8) is 0 Å². The molecule has 2 aromatic heterocycles. The van der Waals surface area contributed by atoms with Gasteiger partial charge in [-0.3, -0.25) is 0 Å². The van der Waals surface area contributed by atoms with Crippen molar-refractivity contribution in [2.45, 2.75) is 19.5 Å². The molecular formula is C20H22N6. The third-order valence-electron chi connectivity index (χ3n) is 4.65. The van der Waals surface area contributed by atoms with Crippen LogP contribution in [0.2, 0.25) is 0 Å². The van der Waals surface area contributed by atoms with E-state index in [4.69, 9.17) is 0 Å². The lowest BCUT2D eigenvalue weighted by Gasteiger charge is -2.31. The molecule has 3 heterocycles. The van der Waals surface area contributed by atoms with Crippen molar-refractivity contribution >= 4 is 17.6 Å². The minimum Gasteiger partial charge on any atom is -0.373 e. The molecule has 0 atom stereocenters. The summed E-state index contributed by atoms with van der Waals surface area (Å²) in [7, 11) is 1.85. The molecule has 4 rings (SSSR count). The van der Waals surface area contributed by atoms with Gasteiger partial charge in [-0.05, 0) is 29.7 Å². The van der Waals surface area contributed by atoms with Crippen LogP contribution in [0.15, 0.2) is 54.9 Å². The molecule has 0 spiro atoms. The van der Waals surface area contributed by atoms with Crippen molar-refractivity contribution in [3.8, 4) is 0 Å². The Morgan fingerprint density at radius 3 is 2.77 bits per heavy atom. The van der Waals surface area contributed by atoms with Gasteiger partial charge in [-0.2, -0.15) is 4.98 Å². The zero-order chi connectivity index (χ0) is 17.8. The average molecular weight is 346 g/mol. The largest absolute Gasteiger partial charge is 0.373 e. The highest BCUT2D eigenvalue weighted by Gasteiger charge is 2.19. The van der Waals surface area contributed by atoms with Crippen LogP contribution in [0, 0.1) is 0 Å². The van der Waals surface area contributed by atoms with Crippen LogP contribution < -0.4 is 15.5 Å². The van der Waals surface area contributed by atoms with Gasteiger partial charge >= 0.3 is 0 Å². The van der Waals surface area contributed by atoms with Crippen molar-refractivity contribution in [1.29, 1.82) is 0 Å². The van der Waals surface area contributed by atoms with Gasteiger partial charge in [-0.1, -0.05) is 30.3 Å². The molecule has 1 aromatic carbocycles. The van der Waals surface area contributed by atoms with Crippen LogP contribution in [0.25, 0.3) is 0 Å². The molecule has 6 nitrogen and oxygen atoms in total. The third-order valence-corrected chi connectivity index (χ3v) is 4.65. The second-order valence-electron chi connectivity index (χ2n) is 6.30. The fraction of sp³-hybridized carbons (Fsp3) is 0.250. The van der Waals surface area contributed by atoms with Gasteiger partial charge < -0.3 is 15.5 Å². The summed E-state index contributed by atoms with van der Waals surface area (Å²) >= 11 is 0. The number of hydrogen-bond acceptors (Lipinski definition) is 6. The van der Waals surface area contributed by atoms with Gasteiger partial charge in [0.05, 0.1) is 0 Å². The normalized spacial score (nSPS) is 13.2. The zero-order valence-corrected chi connectivity index (χ0v) is 14.8. The van der Waals surface area contributed by atoms with Gasteiger partial charge in [-0.15, -0.1) is 0 Å². The predicted octanol–water partition coefficient (Wildman–Crippen LogP) is 3.09. The van der Waals surface area contributed by atoms with Gasteiger partial charge in [0.25, 0.3) is 0 Å². The Balaban J connectivity index is 1.52. The number of fused-ring (bicyclic) bond motifs is 1. The second kappa shape index (κ2) is 7.39. The van der Waals surface area contributed by atoms with Crippen molar-refractivity contribution in [2.75, 3.05) is 29.1 Å². The van der Waals surface area contributed by atoms with Crippen molar-refractivity contribution in [3.05, 3.63) is 71.5 Å². The van der Waals surface area contributed by atoms with Crippen LogP contribution in [0.5, 0.6) is 0 Å². The number of pyridine rings is 1. The Labute approximate surface area is 153 Å². The molecule has 1 aliphatic heterocycles. The molecule has 2 N–H and O–H groups in total. The lowest BCUT2D eigenvalue weighted by molar-refractivity contribution is 0.716. The fourth-order valence-corrected chi connectivity index (χ4v) is 3.29. The summed E-state index contributed by atoms with van der Waals surface area (Å²) in [5.41, 5.74) is 3.97. The van der Waals surface area contributed by atoms with Gasteiger partial charge in [0.15, 0.2) is 0 Å². The number of nitrogens with zero attached hydrogens (tertiary/aromatic N) is 4. The molecular weight excluding hydrogens is 324 g/mol. The van der Waals surface area contributed by atoms with Crippen LogP contribution in [0.1, 0.15) is 16.7 Å². The molecule has 0 aliphatic carbocycles. The van der Waals surface area contributed by atoms with Crippen LogP contribution >= 0.6 is 0 Å². The maximum atomic E-state index is 4.65. The number of benzene rings is 1. The number of nitrogens with one attached hydrogen (secondary N) is 2. The lowest BCUT2D eigenvalue weighted by atomic mass is 9.99. The number of aromatic nitrogens is 3. The second-order valence-corrected chi connectivity index (χ2v) is 6.30. The van der Waals surface area contributed by atoms with E-state index in [1.165, 1.54) is 11.1 Å². The molecule has 0 bridgehead atoms. The molecule has 0 saturated carbocycles. The first kappa shape index (κ1) is 16.3. The molecule has 0 unspecified atom stereocenters. The number of anilines is 3. The Morgan fingerprint density at radius 1 is 1.00 bits per heavy atom. The SMILES string of the molecule is CNc1ccnc(NCc2cccnc2N2CCc3ccccc3C2)n1. The first-order chi connectivity index (χ1) is 12.8. The summed E-state index contributed by atoms with van der Waals surface area (Å²) in [4.78, 5) is 15.7. The van der Waals surface area contributed by atoms with Gasteiger partial charge in [0, 0.05) is 44.6 Å². The molecule has 0 radical (unpaired) electrons. The quantitative estimate of drug-likeness (QED) is 0.740. The fourth-order valence-electron chi connectivity index (χ4n) is 3.29. The Bertz CT molecular complexity index is 895. The van der Waals surface area contributed by atoms with Crippen LogP contribution in [-0.4, -0.2) is 28.5 Å². The standard InChI is InChI=1S/C20H22N6/c1-21-18-8-11-23-20(25-18)24-13-16-7-4-10-22-19(16)26-12-9-15-5-2-3-6-17(15)14-26/h2-8,10-11H,9,12-14H2,1H3,(H2,21,23,24,25). The third kappa shape index (κ3) is 3.44. The summed E-state index contributed by atoms with van der Waals surface area (Å²) < 4.78 is 0. The maximum Gasteiger partial charge on any atom is 0.224 e. The van der Waals surface area contributed by atoms with Crippen molar-refractivity contribution < 1.29 is 0 Å². The van der Waals surface area contributed by atoms with Crippen molar-refractivity contribution in [2.24, 2.45) is 0 Å². The molecule has 0 fully saturated rings. The van der Waals surface area contributed by atoms with Crippen LogP contribution in [0.3, 0.4) is 0 Å². The molecule has 26 heavy (non-hydrogen) atoms. The minimum atomic E-state index is 0.607. The van der Waals surface area contributed by atoms with Gasteiger partial charge in [0.2, 0.25) is 5.95 Å². The van der Waals surface area contributed by atoms with E-state index in [-0.39, 0.29) is 0 Å². The predicted molar refractivity (Wildman–Crippen MR) is 104 cm³/mol. The Morgan fingerprint density at radius 2 is 1.88 bits per heavy atom. The smallest absolute Gasteiger partial charge is 0.224 e. The van der Waals surface area contributed by atoms with E-state index >= 15 is 0 Å². The van der Waals surface area contributed by atoms with Crippen LogP contribution in [-0.2, 0) is 19.5 Å². The zero-order valence-electron chi connectivity index (χ0n) is 14.8. The van der Waals surface area contributed by atoms with Crippen LogP contribution in [0.4, 0.5) is 17.6 Å². The lowest BCUT2D eigenvalue weighted by Crippen LogP contribution is -2.32. The first-order valence-corrected chi connectivity index (χ1v) is 8.84. The Kier molecular flexibility index (Phi) is 4.64. The monoisotopic (exact) mass is 346 g/mol. The van der Waals surface area contributed by atoms with E-state index in [1.807, 2.05) is 25.4 Å². The molecule has 3 aromatic rings. The molecule has 6 heteroatoms. The summed E-state index contributed by atoms with van der Waals surface area (Å²) in [5.74, 6) is 2.43. The van der Waals surface area contributed by atoms with E-state index in [0.717, 1.165) is 36.7 Å².